The average molecular weight is 466 g/mol. The summed E-state index contributed by atoms with van der Waals surface area (Å²) in [5.41, 5.74) is -0.416. The molecule has 0 amide bonds. The Bertz CT molecular complexity index is 1030. The van der Waals surface area contributed by atoms with Crippen LogP contribution in [0.1, 0.15) is 29.2 Å². The molecule has 0 unspecified atom stereocenters. The van der Waals surface area contributed by atoms with Crippen molar-refractivity contribution in [1.82, 2.24) is 9.47 Å². The molecular formula is C19H18FK2N3O5. The molecule has 8 nitrogen and oxygen atoms in total. The van der Waals surface area contributed by atoms with E-state index in [0.717, 1.165) is 18.9 Å². The SMILES string of the molecule is O=C([O-])CN1CCN(c2cc3c(cc2F)c(=O)c(C(=O)[O-])cn3C2CC2)CC1.[K+].[K+]. The Labute approximate surface area is 257 Å². The Balaban J connectivity index is 0.00000160. The Kier molecular flexibility index (Phi) is 9.72. The maximum atomic E-state index is 14.8. The van der Waals surface area contributed by atoms with Crippen LogP contribution in [0.15, 0.2) is 23.1 Å². The fraction of sp³-hybridized carbons (Fsp3) is 0.421. The number of carbonyl (C=O) groups excluding carboxylic acids is 2. The van der Waals surface area contributed by atoms with Crippen molar-refractivity contribution < 1.29 is 127 Å². The van der Waals surface area contributed by atoms with E-state index in [-0.39, 0.29) is 121 Å². The number of aromatic carboxylic acids is 1. The van der Waals surface area contributed by atoms with Crippen molar-refractivity contribution in [2.75, 3.05) is 37.6 Å². The molecule has 1 aliphatic heterocycles. The number of nitrogens with zero attached hydrogens (tertiary/aromatic N) is 3. The third kappa shape index (κ3) is 5.63. The number of carboxylic acids is 2. The summed E-state index contributed by atoms with van der Waals surface area (Å²) in [4.78, 5) is 38.0. The van der Waals surface area contributed by atoms with Crippen molar-refractivity contribution in [1.29, 1.82) is 0 Å². The Hall–Kier alpha value is 0.333. The second kappa shape index (κ2) is 11.0. The molecule has 0 spiro atoms. The third-order valence-electron chi connectivity index (χ3n) is 5.33. The van der Waals surface area contributed by atoms with Gasteiger partial charge < -0.3 is 29.3 Å². The largest absolute Gasteiger partial charge is 1.00 e. The van der Waals surface area contributed by atoms with E-state index in [4.69, 9.17) is 0 Å². The van der Waals surface area contributed by atoms with Gasteiger partial charge in [-0.2, -0.15) is 0 Å². The molecule has 2 fully saturated rings. The van der Waals surface area contributed by atoms with Crippen LogP contribution in [-0.2, 0) is 4.79 Å². The van der Waals surface area contributed by atoms with E-state index in [0.29, 0.717) is 37.4 Å². The van der Waals surface area contributed by atoms with Crippen LogP contribution in [-0.4, -0.2) is 54.1 Å². The quantitative estimate of drug-likeness (QED) is 0.404. The van der Waals surface area contributed by atoms with Gasteiger partial charge in [0.05, 0.1) is 28.7 Å². The molecule has 0 N–H and O–H groups in total. The summed E-state index contributed by atoms with van der Waals surface area (Å²) in [5.74, 6) is -3.34. The Morgan fingerprint density at radius 1 is 1.07 bits per heavy atom. The predicted octanol–water partition coefficient (Wildman–Crippen LogP) is -7.28. The van der Waals surface area contributed by atoms with Crippen molar-refractivity contribution in [3.8, 4) is 0 Å². The molecule has 0 radical (unpaired) electrons. The maximum absolute atomic E-state index is 14.8. The molecule has 0 bridgehead atoms. The van der Waals surface area contributed by atoms with Gasteiger partial charge in [-0.25, -0.2) is 4.39 Å². The zero-order valence-electron chi connectivity index (χ0n) is 17.0. The smallest absolute Gasteiger partial charge is 0.549 e. The second-order valence-electron chi connectivity index (χ2n) is 7.25. The van der Waals surface area contributed by atoms with Crippen molar-refractivity contribution >= 4 is 28.5 Å². The van der Waals surface area contributed by atoms with E-state index in [1.807, 2.05) is 0 Å². The number of hydrogen-bond donors (Lipinski definition) is 0. The molecule has 1 aromatic heterocycles. The number of rotatable bonds is 5. The van der Waals surface area contributed by atoms with Crippen LogP contribution in [0.3, 0.4) is 0 Å². The zero-order valence-corrected chi connectivity index (χ0v) is 23.3. The van der Waals surface area contributed by atoms with Crippen LogP contribution < -0.4 is 123 Å². The first-order valence-electron chi connectivity index (χ1n) is 9.12. The fourth-order valence-electron chi connectivity index (χ4n) is 3.73. The molecule has 1 aromatic carbocycles. The van der Waals surface area contributed by atoms with Gasteiger partial charge in [0.25, 0.3) is 0 Å². The Morgan fingerprint density at radius 2 is 1.70 bits per heavy atom. The summed E-state index contributed by atoms with van der Waals surface area (Å²) < 4.78 is 16.5. The third-order valence-corrected chi connectivity index (χ3v) is 5.33. The minimum absolute atomic E-state index is 0. The molecular weight excluding hydrogens is 447 g/mol. The van der Waals surface area contributed by atoms with Gasteiger partial charge in [0.15, 0.2) is 5.43 Å². The molecule has 0 atom stereocenters. The van der Waals surface area contributed by atoms with Gasteiger partial charge in [0, 0.05) is 50.3 Å². The molecule has 30 heavy (non-hydrogen) atoms. The van der Waals surface area contributed by atoms with Crippen LogP contribution in [0.25, 0.3) is 10.9 Å². The first kappa shape index (κ1) is 26.6. The number of piperazine rings is 1. The molecule has 1 saturated heterocycles. The number of anilines is 1. The summed E-state index contributed by atoms with van der Waals surface area (Å²) in [7, 11) is 0. The number of aromatic nitrogens is 1. The molecule has 11 heteroatoms. The monoisotopic (exact) mass is 465 g/mol. The molecule has 1 aliphatic carbocycles. The zero-order chi connectivity index (χ0) is 20.0. The van der Waals surface area contributed by atoms with Crippen LogP contribution in [0.5, 0.6) is 0 Å². The molecule has 148 valence electrons. The molecule has 2 aliphatic rings. The normalized spacial score (nSPS) is 16.6. The van der Waals surface area contributed by atoms with Gasteiger partial charge in [-0.05, 0) is 25.0 Å². The van der Waals surface area contributed by atoms with Gasteiger partial charge >= 0.3 is 103 Å². The van der Waals surface area contributed by atoms with E-state index in [1.165, 1.54) is 6.20 Å². The van der Waals surface area contributed by atoms with E-state index >= 15 is 0 Å². The van der Waals surface area contributed by atoms with Gasteiger partial charge in [-0.1, -0.05) is 0 Å². The average Bonchev–Trinajstić information content (AvgIpc) is 3.47. The van der Waals surface area contributed by atoms with E-state index in [2.05, 4.69) is 0 Å². The summed E-state index contributed by atoms with van der Waals surface area (Å²) >= 11 is 0. The standard InChI is InChI=1S/C19H20FN3O5.2K/c20-14-7-12-15(23(11-1-2-11)9-13(18(12)26)19(27)28)8-16(14)22-5-3-21(4-6-22)10-17(24)25;;/h7-9,11H,1-6,10H2,(H,24,25)(H,27,28);;/q;2*+1/p-2. The fourth-order valence-corrected chi connectivity index (χ4v) is 3.73. The van der Waals surface area contributed by atoms with Crippen molar-refractivity contribution in [3.05, 3.63) is 39.9 Å². The van der Waals surface area contributed by atoms with Crippen LogP contribution in [0.4, 0.5) is 10.1 Å². The number of fused-ring (bicyclic) bond motifs is 1. The number of carbonyl (C=O) groups is 2. The predicted molar refractivity (Wildman–Crippen MR) is 94.4 cm³/mol. The van der Waals surface area contributed by atoms with E-state index in [9.17, 15) is 29.0 Å². The number of carboxylic acid groups (broad SMARTS) is 2. The first-order chi connectivity index (χ1) is 13.3. The van der Waals surface area contributed by atoms with Crippen molar-refractivity contribution in [3.63, 3.8) is 0 Å². The summed E-state index contributed by atoms with van der Waals surface area (Å²) in [5, 5.41) is 22.0. The number of halogens is 1. The minimum atomic E-state index is -1.57. The molecule has 2 aromatic rings. The summed E-state index contributed by atoms with van der Waals surface area (Å²) in [6.07, 6.45) is 3.01. The van der Waals surface area contributed by atoms with E-state index < -0.39 is 28.7 Å². The van der Waals surface area contributed by atoms with Crippen molar-refractivity contribution in [2.24, 2.45) is 0 Å². The first-order valence-corrected chi connectivity index (χ1v) is 9.12. The summed E-state index contributed by atoms with van der Waals surface area (Å²) in [6.45, 7) is 1.59. The number of benzene rings is 1. The van der Waals surface area contributed by atoms with E-state index in [1.54, 1.807) is 20.4 Å². The Morgan fingerprint density at radius 3 is 2.23 bits per heavy atom. The molecule has 2 heterocycles. The molecule has 1 saturated carbocycles. The van der Waals surface area contributed by atoms with Gasteiger partial charge in [0.1, 0.15) is 5.82 Å². The van der Waals surface area contributed by atoms with Crippen LogP contribution >= 0.6 is 0 Å². The number of hydrogen-bond acceptors (Lipinski definition) is 7. The molecule has 4 rings (SSSR count). The van der Waals surface area contributed by atoms with Gasteiger partial charge in [-0.15, -0.1) is 0 Å². The van der Waals surface area contributed by atoms with Crippen molar-refractivity contribution in [2.45, 2.75) is 18.9 Å². The van der Waals surface area contributed by atoms with Crippen LogP contribution in [0.2, 0.25) is 0 Å². The minimum Gasteiger partial charge on any atom is -0.549 e. The van der Waals surface area contributed by atoms with Gasteiger partial charge in [-0.3, -0.25) is 9.69 Å². The maximum Gasteiger partial charge on any atom is 1.00 e. The number of pyridine rings is 1. The second-order valence-corrected chi connectivity index (χ2v) is 7.25. The topological polar surface area (TPSA) is 109 Å². The summed E-state index contributed by atoms with van der Waals surface area (Å²) in [6, 6.07) is 2.75. The number of aliphatic carboxylic acids is 1. The van der Waals surface area contributed by atoms with Gasteiger partial charge in [0.2, 0.25) is 0 Å². The van der Waals surface area contributed by atoms with Crippen LogP contribution in [0, 0.1) is 5.82 Å².